The molecule has 1 saturated heterocycles. The summed E-state index contributed by atoms with van der Waals surface area (Å²) in [6.45, 7) is 1.11. The Morgan fingerprint density at radius 2 is 2.38 bits per heavy atom. The molecule has 2 aromatic rings. The van der Waals surface area contributed by atoms with Crippen LogP contribution in [0.15, 0.2) is 22.7 Å². The Balaban J connectivity index is 2.18. The van der Waals surface area contributed by atoms with Crippen molar-refractivity contribution in [1.82, 2.24) is 14.9 Å². The van der Waals surface area contributed by atoms with Gasteiger partial charge in [0.15, 0.2) is 0 Å². The number of halogens is 1. The normalized spacial score (nSPS) is 20.8. The quantitative estimate of drug-likeness (QED) is 0.870. The fourth-order valence-corrected chi connectivity index (χ4v) is 2.86. The Morgan fingerprint density at radius 1 is 1.50 bits per heavy atom. The number of imidazole rings is 1. The van der Waals surface area contributed by atoms with E-state index in [-0.39, 0.29) is 0 Å². The van der Waals surface area contributed by atoms with E-state index in [1.807, 2.05) is 6.07 Å². The fraction of sp³-hybridized carbons (Fsp3) is 0.417. The molecular weight excluding hydrogens is 266 g/mol. The Hall–Kier alpha value is -0.870. The van der Waals surface area contributed by atoms with Crippen molar-refractivity contribution >= 4 is 27.0 Å². The zero-order valence-corrected chi connectivity index (χ0v) is 10.8. The van der Waals surface area contributed by atoms with Crippen LogP contribution in [-0.4, -0.2) is 16.1 Å². The average Bonchev–Trinajstić information content (AvgIpc) is 2.88. The smallest absolute Gasteiger partial charge is 0.126 e. The van der Waals surface area contributed by atoms with Crippen LogP contribution in [0.4, 0.5) is 0 Å². The minimum absolute atomic E-state index is 0.421. The van der Waals surface area contributed by atoms with Gasteiger partial charge >= 0.3 is 0 Å². The highest BCUT2D eigenvalue weighted by molar-refractivity contribution is 9.10. The van der Waals surface area contributed by atoms with E-state index in [0.717, 1.165) is 22.4 Å². The number of aromatic nitrogens is 2. The molecule has 3 rings (SSSR count). The molecule has 4 heteroatoms. The van der Waals surface area contributed by atoms with E-state index in [4.69, 9.17) is 4.98 Å². The lowest BCUT2D eigenvalue weighted by molar-refractivity contribution is 0.584. The molecule has 1 atom stereocenters. The molecule has 1 aliphatic heterocycles. The summed E-state index contributed by atoms with van der Waals surface area (Å²) in [7, 11) is 2.09. The molecule has 1 aromatic heterocycles. The third kappa shape index (κ3) is 1.48. The monoisotopic (exact) mass is 279 g/mol. The van der Waals surface area contributed by atoms with Crippen LogP contribution in [0, 0.1) is 0 Å². The van der Waals surface area contributed by atoms with Crippen molar-refractivity contribution in [3.63, 3.8) is 0 Å². The van der Waals surface area contributed by atoms with Gasteiger partial charge in [-0.1, -0.05) is 6.07 Å². The maximum absolute atomic E-state index is 4.75. The van der Waals surface area contributed by atoms with Gasteiger partial charge in [0.1, 0.15) is 11.3 Å². The summed E-state index contributed by atoms with van der Waals surface area (Å²) in [5, 5.41) is 3.50. The largest absolute Gasteiger partial charge is 0.330 e. The molecule has 1 fully saturated rings. The minimum atomic E-state index is 0.421. The highest BCUT2D eigenvalue weighted by Gasteiger charge is 2.22. The van der Waals surface area contributed by atoms with Crippen LogP contribution in [0.5, 0.6) is 0 Å². The maximum Gasteiger partial charge on any atom is 0.126 e. The van der Waals surface area contributed by atoms with Crippen LogP contribution in [-0.2, 0) is 7.05 Å². The van der Waals surface area contributed by atoms with Gasteiger partial charge in [0, 0.05) is 11.5 Å². The van der Waals surface area contributed by atoms with E-state index >= 15 is 0 Å². The SMILES string of the molecule is Cn1c(C2CCCN2)nc2c(Br)cccc21. The number of fused-ring (bicyclic) bond motifs is 1. The van der Waals surface area contributed by atoms with Gasteiger partial charge in [-0.05, 0) is 47.4 Å². The third-order valence-electron chi connectivity index (χ3n) is 3.27. The van der Waals surface area contributed by atoms with Gasteiger partial charge in [0.25, 0.3) is 0 Å². The van der Waals surface area contributed by atoms with Crippen molar-refractivity contribution in [1.29, 1.82) is 0 Å². The molecule has 16 heavy (non-hydrogen) atoms. The average molecular weight is 280 g/mol. The van der Waals surface area contributed by atoms with Gasteiger partial charge in [-0.15, -0.1) is 0 Å². The molecule has 0 amide bonds. The van der Waals surface area contributed by atoms with Gasteiger partial charge in [-0.25, -0.2) is 4.98 Å². The first-order valence-electron chi connectivity index (χ1n) is 5.61. The predicted molar refractivity (Wildman–Crippen MR) is 68.4 cm³/mol. The zero-order valence-electron chi connectivity index (χ0n) is 9.20. The van der Waals surface area contributed by atoms with Gasteiger partial charge in [0.05, 0.1) is 11.6 Å². The number of hydrogen-bond donors (Lipinski definition) is 1. The summed E-state index contributed by atoms with van der Waals surface area (Å²) in [6.07, 6.45) is 2.43. The van der Waals surface area contributed by atoms with Crippen LogP contribution in [0.25, 0.3) is 11.0 Å². The van der Waals surface area contributed by atoms with Gasteiger partial charge < -0.3 is 9.88 Å². The first-order chi connectivity index (χ1) is 7.77. The first kappa shape index (κ1) is 10.3. The number of aryl methyl sites for hydroxylation is 1. The van der Waals surface area contributed by atoms with Crippen molar-refractivity contribution < 1.29 is 0 Å². The first-order valence-corrected chi connectivity index (χ1v) is 6.41. The van der Waals surface area contributed by atoms with Crippen molar-refractivity contribution in [3.05, 3.63) is 28.5 Å². The second-order valence-electron chi connectivity index (χ2n) is 4.29. The molecule has 1 aliphatic rings. The van der Waals surface area contributed by atoms with Crippen LogP contribution in [0.2, 0.25) is 0 Å². The summed E-state index contributed by atoms with van der Waals surface area (Å²) in [5.41, 5.74) is 2.26. The molecule has 84 valence electrons. The lowest BCUT2D eigenvalue weighted by atomic mass is 10.2. The Morgan fingerprint density at radius 3 is 3.06 bits per heavy atom. The molecule has 1 N–H and O–H groups in total. The van der Waals surface area contributed by atoms with E-state index in [9.17, 15) is 0 Å². The van der Waals surface area contributed by atoms with Crippen molar-refractivity contribution in [2.45, 2.75) is 18.9 Å². The van der Waals surface area contributed by atoms with Crippen molar-refractivity contribution in [2.75, 3.05) is 6.54 Å². The van der Waals surface area contributed by atoms with E-state index in [1.54, 1.807) is 0 Å². The van der Waals surface area contributed by atoms with Gasteiger partial charge in [-0.3, -0.25) is 0 Å². The van der Waals surface area contributed by atoms with Crippen molar-refractivity contribution in [2.24, 2.45) is 7.05 Å². The Bertz CT molecular complexity index is 526. The van der Waals surface area contributed by atoms with Crippen LogP contribution in [0.1, 0.15) is 24.7 Å². The number of para-hydroxylation sites is 1. The number of nitrogens with one attached hydrogen (secondary N) is 1. The summed E-state index contributed by atoms with van der Waals surface area (Å²) in [5.74, 6) is 1.15. The fourth-order valence-electron chi connectivity index (χ4n) is 2.41. The second kappa shape index (κ2) is 3.86. The minimum Gasteiger partial charge on any atom is -0.330 e. The molecule has 2 heterocycles. The van der Waals surface area contributed by atoms with E-state index in [0.29, 0.717) is 6.04 Å². The van der Waals surface area contributed by atoms with Crippen LogP contribution < -0.4 is 5.32 Å². The molecule has 0 saturated carbocycles. The molecule has 0 radical (unpaired) electrons. The molecular formula is C12H14BrN3. The molecule has 1 unspecified atom stereocenters. The second-order valence-corrected chi connectivity index (χ2v) is 5.14. The number of nitrogens with zero attached hydrogens (tertiary/aromatic N) is 2. The number of rotatable bonds is 1. The zero-order chi connectivity index (χ0) is 11.1. The molecule has 0 aliphatic carbocycles. The standard InChI is InChI=1S/C12H14BrN3/c1-16-10-6-2-4-8(13)11(10)15-12(16)9-5-3-7-14-9/h2,4,6,9,14H,3,5,7H2,1H3. The maximum atomic E-state index is 4.75. The highest BCUT2D eigenvalue weighted by Crippen LogP contribution is 2.28. The third-order valence-corrected chi connectivity index (χ3v) is 3.91. The topological polar surface area (TPSA) is 29.9 Å². The summed E-state index contributed by atoms with van der Waals surface area (Å²) < 4.78 is 3.27. The van der Waals surface area contributed by atoms with Crippen molar-refractivity contribution in [3.8, 4) is 0 Å². The number of hydrogen-bond acceptors (Lipinski definition) is 2. The molecule has 0 bridgehead atoms. The van der Waals surface area contributed by atoms with Crippen LogP contribution in [0.3, 0.4) is 0 Å². The molecule has 0 spiro atoms. The lowest BCUT2D eigenvalue weighted by Gasteiger charge is -2.09. The van der Waals surface area contributed by atoms with Crippen LogP contribution >= 0.6 is 15.9 Å². The summed E-state index contributed by atoms with van der Waals surface area (Å²) >= 11 is 3.56. The lowest BCUT2D eigenvalue weighted by Crippen LogP contribution is -2.16. The highest BCUT2D eigenvalue weighted by atomic mass is 79.9. The number of benzene rings is 1. The predicted octanol–water partition coefficient (Wildman–Crippen LogP) is 2.76. The van der Waals surface area contributed by atoms with Gasteiger partial charge in [-0.2, -0.15) is 0 Å². The molecule has 1 aromatic carbocycles. The van der Waals surface area contributed by atoms with E-state index in [2.05, 4.69) is 45.0 Å². The Kier molecular flexibility index (Phi) is 2.48. The van der Waals surface area contributed by atoms with E-state index < -0.39 is 0 Å². The van der Waals surface area contributed by atoms with Gasteiger partial charge in [0.2, 0.25) is 0 Å². The van der Waals surface area contributed by atoms with E-state index in [1.165, 1.54) is 18.4 Å². The molecule has 3 nitrogen and oxygen atoms in total. The Labute approximate surface area is 103 Å². The summed E-state index contributed by atoms with van der Waals surface area (Å²) in [4.78, 5) is 4.75. The summed E-state index contributed by atoms with van der Waals surface area (Å²) in [6, 6.07) is 6.64.